The highest BCUT2D eigenvalue weighted by Gasteiger charge is 1.84. The molecule has 1 nitrogen and oxygen atoms in total. The number of hydrogen-bond acceptors (Lipinski definition) is 2. The molecule has 0 radical (unpaired) electrons. The average molecular weight is 169 g/mol. The zero-order chi connectivity index (χ0) is 8.69. The molecule has 0 fully saturated rings. The molecule has 0 bridgehead atoms. The quantitative estimate of drug-likeness (QED) is 0.604. The van der Waals surface area contributed by atoms with Gasteiger partial charge in [-0.1, -0.05) is 18.2 Å². The molecule has 0 spiro atoms. The van der Waals surface area contributed by atoms with E-state index in [1.54, 1.807) is 11.8 Å². The van der Waals surface area contributed by atoms with Crippen molar-refractivity contribution in [3.8, 4) is 0 Å². The molecule has 0 aliphatic rings. The average Bonchev–Trinajstić information content (AvgIpc) is 1.97. The molecular weight excluding hydrogens is 154 g/mol. The van der Waals surface area contributed by atoms with Crippen LogP contribution in [0.5, 0.6) is 0 Å². The van der Waals surface area contributed by atoms with Gasteiger partial charge in [0, 0.05) is 5.69 Å². The standard InChI is InChI=1S/C7H9N.C2H6S/c1-6-4-2-3-5-7(6)8;1-3-2/h2-5H,8H2,1H3;1-2H3. The number of aryl methyl sites for hydroxylation is 1. The fourth-order valence-electron chi connectivity index (χ4n) is 0.587. The van der Waals surface area contributed by atoms with Gasteiger partial charge in [0.15, 0.2) is 0 Å². The third kappa shape index (κ3) is 4.73. The lowest BCUT2D eigenvalue weighted by Crippen LogP contribution is -1.85. The van der Waals surface area contributed by atoms with Gasteiger partial charge in [-0.2, -0.15) is 11.8 Å². The summed E-state index contributed by atoms with van der Waals surface area (Å²) in [6, 6.07) is 7.80. The third-order valence-corrected chi connectivity index (χ3v) is 1.19. The SMILES string of the molecule is CSC.Cc1ccccc1N. The molecule has 0 aromatic heterocycles. The molecule has 0 aliphatic heterocycles. The molecule has 1 aromatic rings. The maximum absolute atomic E-state index is 5.52. The molecule has 62 valence electrons. The van der Waals surface area contributed by atoms with E-state index in [0.717, 1.165) is 11.3 Å². The van der Waals surface area contributed by atoms with Gasteiger partial charge in [-0.25, -0.2) is 0 Å². The highest BCUT2D eigenvalue weighted by atomic mass is 32.2. The van der Waals surface area contributed by atoms with E-state index in [9.17, 15) is 0 Å². The normalized spacial score (nSPS) is 8.27. The van der Waals surface area contributed by atoms with E-state index in [4.69, 9.17) is 5.73 Å². The summed E-state index contributed by atoms with van der Waals surface area (Å²) in [5, 5.41) is 0. The van der Waals surface area contributed by atoms with Gasteiger partial charge in [0.1, 0.15) is 0 Å². The number of rotatable bonds is 0. The lowest BCUT2D eigenvalue weighted by Gasteiger charge is -1.93. The van der Waals surface area contributed by atoms with Crippen molar-refractivity contribution in [1.29, 1.82) is 0 Å². The second-order valence-corrected chi connectivity index (χ2v) is 3.08. The second-order valence-electron chi connectivity index (χ2n) is 2.26. The van der Waals surface area contributed by atoms with Crippen LogP contribution < -0.4 is 5.73 Å². The molecule has 0 heterocycles. The van der Waals surface area contributed by atoms with Crippen LogP contribution in [-0.2, 0) is 0 Å². The minimum absolute atomic E-state index is 0.868. The predicted octanol–water partition coefficient (Wildman–Crippen LogP) is 2.56. The Hall–Kier alpha value is -0.630. The molecular formula is C9H15NS. The summed E-state index contributed by atoms with van der Waals surface area (Å²) in [6.07, 6.45) is 4.08. The Morgan fingerprint density at radius 1 is 1.18 bits per heavy atom. The summed E-state index contributed by atoms with van der Waals surface area (Å²) in [7, 11) is 0. The van der Waals surface area contributed by atoms with E-state index in [1.165, 1.54) is 0 Å². The number of para-hydroxylation sites is 1. The molecule has 1 aromatic carbocycles. The van der Waals surface area contributed by atoms with Crippen molar-refractivity contribution in [3.63, 3.8) is 0 Å². The van der Waals surface area contributed by atoms with E-state index in [2.05, 4.69) is 0 Å². The lowest BCUT2D eigenvalue weighted by atomic mass is 10.2. The summed E-state index contributed by atoms with van der Waals surface area (Å²) < 4.78 is 0. The van der Waals surface area contributed by atoms with Crippen molar-refractivity contribution >= 4 is 17.4 Å². The van der Waals surface area contributed by atoms with Gasteiger partial charge in [0.25, 0.3) is 0 Å². The Kier molecular flexibility index (Phi) is 5.75. The molecule has 1 rings (SSSR count). The molecule has 2 heteroatoms. The van der Waals surface area contributed by atoms with Crippen LogP contribution in [0.2, 0.25) is 0 Å². The van der Waals surface area contributed by atoms with Crippen molar-refractivity contribution in [3.05, 3.63) is 29.8 Å². The molecule has 0 aliphatic carbocycles. The van der Waals surface area contributed by atoms with E-state index in [1.807, 2.05) is 43.7 Å². The van der Waals surface area contributed by atoms with Crippen LogP contribution >= 0.6 is 11.8 Å². The highest BCUT2D eigenvalue weighted by Crippen LogP contribution is 2.06. The van der Waals surface area contributed by atoms with Crippen LogP contribution in [0.1, 0.15) is 5.56 Å². The van der Waals surface area contributed by atoms with Crippen LogP contribution in [0.4, 0.5) is 5.69 Å². The van der Waals surface area contributed by atoms with Crippen LogP contribution in [0.15, 0.2) is 24.3 Å². The van der Waals surface area contributed by atoms with Crippen LogP contribution in [-0.4, -0.2) is 12.5 Å². The first-order valence-electron chi connectivity index (χ1n) is 3.43. The van der Waals surface area contributed by atoms with E-state index < -0.39 is 0 Å². The summed E-state index contributed by atoms with van der Waals surface area (Å²) in [5.41, 5.74) is 7.53. The molecule has 0 unspecified atom stereocenters. The first-order valence-corrected chi connectivity index (χ1v) is 5.07. The predicted molar refractivity (Wildman–Crippen MR) is 55.0 cm³/mol. The van der Waals surface area contributed by atoms with Crippen molar-refractivity contribution in [2.75, 3.05) is 18.2 Å². The van der Waals surface area contributed by atoms with E-state index in [-0.39, 0.29) is 0 Å². The van der Waals surface area contributed by atoms with Gasteiger partial charge < -0.3 is 5.73 Å². The Bertz CT molecular complexity index is 178. The fraction of sp³-hybridized carbons (Fsp3) is 0.333. The maximum atomic E-state index is 5.52. The number of hydrogen-bond donors (Lipinski definition) is 1. The van der Waals surface area contributed by atoms with Gasteiger partial charge in [-0.3, -0.25) is 0 Å². The first kappa shape index (κ1) is 10.4. The topological polar surface area (TPSA) is 26.0 Å². The zero-order valence-corrected chi connectivity index (χ0v) is 8.11. The van der Waals surface area contributed by atoms with Gasteiger partial charge >= 0.3 is 0 Å². The van der Waals surface area contributed by atoms with E-state index >= 15 is 0 Å². The third-order valence-electron chi connectivity index (χ3n) is 1.19. The molecule has 0 amide bonds. The Morgan fingerprint density at radius 2 is 1.64 bits per heavy atom. The molecule has 11 heavy (non-hydrogen) atoms. The second kappa shape index (κ2) is 6.10. The van der Waals surface area contributed by atoms with Gasteiger partial charge in [0.05, 0.1) is 0 Å². The fourth-order valence-corrected chi connectivity index (χ4v) is 0.587. The van der Waals surface area contributed by atoms with Crippen LogP contribution in [0.3, 0.4) is 0 Å². The highest BCUT2D eigenvalue weighted by molar-refractivity contribution is 7.97. The number of anilines is 1. The molecule has 0 atom stereocenters. The van der Waals surface area contributed by atoms with Crippen molar-refractivity contribution in [2.45, 2.75) is 6.92 Å². The Morgan fingerprint density at radius 3 is 1.91 bits per heavy atom. The summed E-state index contributed by atoms with van der Waals surface area (Å²) in [4.78, 5) is 0. The molecule has 2 N–H and O–H groups in total. The summed E-state index contributed by atoms with van der Waals surface area (Å²) in [6.45, 7) is 2.00. The van der Waals surface area contributed by atoms with Crippen molar-refractivity contribution in [2.24, 2.45) is 0 Å². The van der Waals surface area contributed by atoms with Gasteiger partial charge in [0.2, 0.25) is 0 Å². The number of benzene rings is 1. The summed E-state index contributed by atoms with van der Waals surface area (Å²) >= 11 is 1.75. The van der Waals surface area contributed by atoms with Crippen molar-refractivity contribution < 1.29 is 0 Å². The Labute approximate surface area is 73.0 Å². The minimum Gasteiger partial charge on any atom is -0.399 e. The largest absolute Gasteiger partial charge is 0.399 e. The number of nitrogen functional groups attached to an aromatic ring is 1. The Balaban J connectivity index is 0.000000292. The van der Waals surface area contributed by atoms with Crippen LogP contribution in [0.25, 0.3) is 0 Å². The smallest absolute Gasteiger partial charge is 0.0343 e. The first-order chi connectivity index (χ1) is 5.22. The molecule has 0 saturated carbocycles. The van der Waals surface area contributed by atoms with E-state index in [0.29, 0.717) is 0 Å². The molecule has 0 saturated heterocycles. The lowest BCUT2D eigenvalue weighted by molar-refractivity contribution is 1.47. The number of nitrogens with two attached hydrogens (primary N) is 1. The summed E-state index contributed by atoms with van der Waals surface area (Å²) in [5.74, 6) is 0. The minimum atomic E-state index is 0.868. The number of thioether (sulfide) groups is 1. The van der Waals surface area contributed by atoms with Gasteiger partial charge in [-0.15, -0.1) is 0 Å². The zero-order valence-electron chi connectivity index (χ0n) is 7.29. The van der Waals surface area contributed by atoms with Crippen LogP contribution in [0, 0.1) is 6.92 Å². The maximum Gasteiger partial charge on any atom is 0.0343 e. The monoisotopic (exact) mass is 169 g/mol. The van der Waals surface area contributed by atoms with Gasteiger partial charge in [-0.05, 0) is 31.1 Å². The van der Waals surface area contributed by atoms with Crippen molar-refractivity contribution in [1.82, 2.24) is 0 Å².